The molecule has 0 saturated heterocycles. The standard InChI is InChI=1S/C29H33ClN4O6S/c1-19-16-34(20(2)18-35)28(36)15-22-14-24(32-29(37)21-10-12-31-13-11-21)6-9-26(22)40-27(19)17-33(3)41(38,39)25-7-4-23(30)5-8-25/h4-14,19-20,27,35H,15-18H2,1-3H3,(H,32,37)/t19-,20-,27-/m0/s1. The Bertz CT molecular complexity index is 1490. The highest BCUT2D eigenvalue weighted by Gasteiger charge is 2.33. The van der Waals surface area contributed by atoms with Gasteiger partial charge in [-0.15, -0.1) is 0 Å². The quantitative estimate of drug-likeness (QED) is 0.405. The molecule has 41 heavy (non-hydrogen) atoms. The number of aliphatic hydroxyl groups excluding tert-OH is 1. The number of rotatable bonds is 8. The predicted molar refractivity (Wildman–Crippen MR) is 155 cm³/mol. The van der Waals surface area contributed by atoms with Crippen LogP contribution in [0.5, 0.6) is 5.75 Å². The summed E-state index contributed by atoms with van der Waals surface area (Å²) in [6.07, 6.45) is 2.37. The number of benzene rings is 2. The Morgan fingerprint density at radius 2 is 1.88 bits per heavy atom. The monoisotopic (exact) mass is 600 g/mol. The Morgan fingerprint density at radius 1 is 1.20 bits per heavy atom. The number of hydrogen-bond donors (Lipinski definition) is 2. The molecule has 0 saturated carbocycles. The number of aromatic nitrogens is 1. The number of hydrogen-bond acceptors (Lipinski definition) is 7. The molecule has 2 aromatic carbocycles. The van der Waals surface area contributed by atoms with E-state index >= 15 is 0 Å². The van der Waals surface area contributed by atoms with Crippen molar-refractivity contribution < 1.29 is 27.9 Å². The fourth-order valence-corrected chi connectivity index (χ4v) is 5.88. The highest BCUT2D eigenvalue weighted by atomic mass is 35.5. The van der Waals surface area contributed by atoms with Crippen LogP contribution in [0.4, 0.5) is 5.69 Å². The average Bonchev–Trinajstić information content (AvgIpc) is 3.00. The van der Waals surface area contributed by atoms with Crippen LogP contribution in [-0.2, 0) is 21.2 Å². The van der Waals surface area contributed by atoms with Crippen molar-refractivity contribution in [2.45, 2.75) is 37.3 Å². The number of nitrogens with zero attached hydrogens (tertiary/aromatic N) is 3. The van der Waals surface area contributed by atoms with E-state index in [9.17, 15) is 23.1 Å². The van der Waals surface area contributed by atoms with Gasteiger partial charge in [-0.1, -0.05) is 18.5 Å². The maximum atomic E-state index is 13.4. The van der Waals surface area contributed by atoms with E-state index in [0.29, 0.717) is 27.6 Å². The first-order valence-electron chi connectivity index (χ1n) is 13.1. The molecule has 1 aliphatic rings. The number of fused-ring (bicyclic) bond motifs is 1. The molecule has 0 spiro atoms. The highest BCUT2D eigenvalue weighted by molar-refractivity contribution is 7.89. The molecule has 0 radical (unpaired) electrons. The Morgan fingerprint density at radius 3 is 2.54 bits per heavy atom. The topological polar surface area (TPSA) is 129 Å². The molecule has 10 nitrogen and oxygen atoms in total. The van der Waals surface area contributed by atoms with Crippen LogP contribution in [0.3, 0.4) is 0 Å². The molecule has 3 aromatic rings. The molecule has 1 aromatic heterocycles. The Kier molecular flexibility index (Phi) is 9.64. The zero-order valence-corrected chi connectivity index (χ0v) is 24.6. The summed E-state index contributed by atoms with van der Waals surface area (Å²) >= 11 is 5.94. The first-order chi connectivity index (χ1) is 19.5. The number of sulfonamides is 1. The molecular formula is C29H33ClN4O6S. The van der Waals surface area contributed by atoms with Gasteiger partial charge in [-0.05, 0) is 61.5 Å². The summed E-state index contributed by atoms with van der Waals surface area (Å²) in [4.78, 5) is 31.8. The fraction of sp³-hybridized carbons (Fsp3) is 0.345. The Hall–Kier alpha value is -3.51. The normalized spacial score (nSPS) is 18.5. The molecule has 12 heteroatoms. The second kappa shape index (κ2) is 13.0. The lowest BCUT2D eigenvalue weighted by atomic mass is 10.0. The molecule has 0 fully saturated rings. The van der Waals surface area contributed by atoms with E-state index in [1.165, 1.54) is 48.0 Å². The van der Waals surface area contributed by atoms with Crippen LogP contribution in [0, 0.1) is 5.92 Å². The lowest BCUT2D eigenvalue weighted by Crippen LogP contribution is -2.48. The number of carbonyl (C=O) groups is 2. The maximum absolute atomic E-state index is 13.4. The van der Waals surface area contributed by atoms with E-state index in [-0.39, 0.29) is 48.7 Å². The molecule has 4 rings (SSSR count). The van der Waals surface area contributed by atoms with Crippen LogP contribution < -0.4 is 10.1 Å². The zero-order valence-electron chi connectivity index (χ0n) is 23.0. The zero-order chi connectivity index (χ0) is 29.7. The Labute approximate surface area is 245 Å². The van der Waals surface area contributed by atoms with Crippen molar-refractivity contribution in [1.29, 1.82) is 0 Å². The van der Waals surface area contributed by atoms with Gasteiger partial charge in [0.2, 0.25) is 15.9 Å². The van der Waals surface area contributed by atoms with E-state index in [4.69, 9.17) is 16.3 Å². The molecule has 2 amide bonds. The number of pyridine rings is 1. The van der Waals surface area contributed by atoms with Crippen LogP contribution in [0.2, 0.25) is 5.02 Å². The molecule has 2 heterocycles. The summed E-state index contributed by atoms with van der Waals surface area (Å²) in [5.74, 6) is -0.442. The molecular weight excluding hydrogens is 568 g/mol. The number of carbonyl (C=O) groups excluding carboxylic acids is 2. The Balaban J connectivity index is 1.65. The molecule has 0 aliphatic carbocycles. The minimum atomic E-state index is -3.86. The van der Waals surface area contributed by atoms with Gasteiger partial charge in [-0.2, -0.15) is 4.31 Å². The number of halogens is 1. The van der Waals surface area contributed by atoms with Gasteiger partial charge in [0.1, 0.15) is 11.9 Å². The van der Waals surface area contributed by atoms with Crippen molar-refractivity contribution in [2.75, 3.05) is 32.1 Å². The van der Waals surface area contributed by atoms with Crippen LogP contribution in [0.15, 0.2) is 71.9 Å². The van der Waals surface area contributed by atoms with Crippen molar-refractivity contribution in [3.8, 4) is 5.75 Å². The summed E-state index contributed by atoms with van der Waals surface area (Å²) in [6, 6.07) is 13.7. The lowest BCUT2D eigenvalue weighted by molar-refractivity contribution is -0.134. The highest BCUT2D eigenvalue weighted by Crippen LogP contribution is 2.30. The average molecular weight is 601 g/mol. The van der Waals surface area contributed by atoms with Gasteiger partial charge >= 0.3 is 0 Å². The SMILES string of the molecule is C[C@H]1CN([C@@H](C)CO)C(=O)Cc2cc(NC(=O)c3ccncc3)ccc2O[C@H]1CN(C)S(=O)(=O)c1ccc(Cl)cc1. The van der Waals surface area contributed by atoms with E-state index < -0.39 is 22.2 Å². The van der Waals surface area contributed by atoms with Crippen molar-refractivity contribution in [2.24, 2.45) is 5.92 Å². The largest absolute Gasteiger partial charge is 0.488 e. The van der Waals surface area contributed by atoms with Crippen molar-refractivity contribution in [3.05, 3.63) is 83.1 Å². The maximum Gasteiger partial charge on any atom is 0.255 e. The number of nitrogens with one attached hydrogen (secondary N) is 1. The van der Waals surface area contributed by atoms with Gasteiger partial charge in [0, 0.05) is 53.7 Å². The first-order valence-corrected chi connectivity index (χ1v) is 14.9. The van der Waals surface area contributed by atoms with Gasteiger partial charge in [0.05, 0.1) is 30.5 Å². The van der Waals surface area contributed by atoms with Crippen LogP contribution in [0.1, 0.15) is 29.8 Å². The summed E-state index contributed by atoms with van der Waals surface area (Å²) in [7, 11) is -2.38. The van der Waals surface area contributed by atoms with Crippen molar-refractivity contribution >= 4 is 39.1 Å². The van der Waals surface area contributed by atoms with Crippen LogP contribution >= 0.6 is 11.6 Å². The smallest absolute Gasteiger partial charge is 0.255 e. The van der Waals surface area contributed by atoms with Gasteiger partial charge in [0.25, 0.3) is 5.91 Å². The van der Waals surface area contributed by atoms with E-state index in [1.807, 2.05) is 6.92 Å². The number of amides is 2. The number of ether oxygens (including phenoxy) is 1. The summed E-state index contributed by atoms with van der Waals surface area (Å²) in [5, 5.41) is 13.1. The van der Waals surface area contributed by atoms with E-state index in [0.717, 1.165) is 0 Å². The number of likely N-dealkylation sites (N-methyl/N-ethyl adjacent to an activating group) is 1. The molecule has 0 unspecified atom stereocenters. The van der Waals surface area contributed by atoms with Gasteiger partial charge in [0.15, 0.2) is 0 Å². The van der Waals surface area contributed by atoms with Crippen LogP contribution in [0.25, 0.3) is 0 Å². The summed E-state index contributed by atoms with van der Waals surface area (Å²) < 4.78 is 34.3. The van der Waals surface area contributed by atoms with Crippen molar-refractivity contribution in [1.82, 2.24) is 14.2 Å². The first kappa shape index (κ1) is 30.4. The minimum Gasteiger partial charge on any atom is -0.488 e. The fourth-order valence-electron chi connectivity index (χ4n) is 4.57. The molecule has 1 aliphatic heterocycles. The number of aliphatic hydroxyl groups is 1. The second-order valence-corrected chi connectivity index (χ2v) is 12.6. The minimum absolute atomic E-state index is 0.00162. The molecule has 218 valence electrons. The molecule has 3 atom stereocenters. The van der Waals surface area contributed by atoms with Gasteiger partial charge < -0.3 is 20.1 Å². The second-order valence-electron chi connectivity index (χ2n) is 10.1. The van der Waals surface area contributed by atoms with Gasteiger partial charge in [-0.3, -0.25) is 14.6 Å². The number of anilines is 1. The molecule has 0 bridgehead atoms. The third kappa shape index (κ3) is 7.23. The van der Waals surface area contributed by atoms with Crippen LogP contribution in [-0.4, -0.2) is 78.4 Å². The van der Waals surface area contributed by atoms with E-state index in [2.05, 4.69) is 10.3 Å². The third-order valence-electron chi connectivity index (χ3n) is 7.08. The van der Waals surface area contributed by atoms with E-state index in [1.54, 1.807) is 42.2 Å². The summed E-state index contributed by atoms with van der Waals surface area (Å²) in [5.41, 5.74) is 1.42. The van der Waals surface area contributed by atoms with Gasteiger partial charge in [-0.25, -0.2) is 8.42 Å². The third-order valence-corrected chi connectivity index (χ3v) is 9.17. The predicted octanol–water partition coefficient (Wildman–Crippen LogP) is 3.46. The lowest BCUT2D eigenvalue weighted by Gasteiger charge is -2.33. The van der Waals surface area contributed by atoms with Crippen molar-refractivity contribution in [3.63, 3.8) is 0 Å². The molecule has 2 N–H and O–H groups in total. The summed E-state index contributed by atoms with van der Waals surface area (Å²) in [6.45, 7) is 3.65.